The van der Waals surface area contributed by atoms with Crippen molar-refractivity contribution >= 4 is 23.3 Å². The number of esters is 1. The number of nitrogens with zero attached hydrogens (tertiary/aromatic N) is 2. The lowest BCUT2D eigenvalue weighted by Crippen LogP contribution is -2.01. The monoisotopic (exact) mass is 200 g/mol. The van der Waals surface area contributed by atoms with Gasteiger partial charge in [-0.2, -0.15) is 0 Å². The molecule has 0 unspecified atom stereocenters. The zero-order valence-corrected chi connectivity index (χ0v) is 7.41. The van der Waals surface area contributed by atoms with Crippen molar-refractivity contribution in [2.24, 2.45) is 5.18 Å². The summed E-state index contributed by atoms with van der Waals surface area (Å²) in [6.45, 7) is 0. The van der Waals surface area contributed by atoms with Gasteiger partial charge in [0, 0.05) is 6.20 Å². The smallest absolute Gasteiger partial charge is 0.339 e. The van der Waals surface area contributed by atoms with Crippen molar-refractivity contribution in [2.75, 3.05) is 7.11 Å². The number of nitroso groups, excluding NO2 is 1. The molecule has 1 aromatic rings. The van der Waals surface area contributed by atoms with Gasteiger partial charge in [-0.15, -0.1) is 4.91 Å². The maximum absolute atomic E-state index is 10.9. The first-order valence-electron chi connectivity index (χ1n) is 3.26. The van der Waals surface area contributed by atoms with Gasteiger partial charge in [0.15, 0.2) is 5.15 Å². The molecule has 0 saturated carbocycles. The molecule has 0 fully saturated rings. The molecular formula is C7H5ClN2O3. The van der Waals surface area contributed by atoms with E-state index in [1.165, 1.54) is 19.4 Å². The normalized spacial score (nSPS) is 9.38. The Morgan fingerprint density at radius 1 is 1.69 bits per heavy atom. The number of halogens is 1. The predicted molar refractivity (Wildman–Crippen MR) is 46.0 cm³/mol. The lowest BCUT2D eigenvalue weighted by Gasteiger charge is -1.98. The van der Waals surface area contributed by atoms with Crippen LogP contribution in [-0.4, -0.2) is 18.1 Å². The number of pyridine rings is 1. The summed E-state index contributed by atoms with van der Waals surface area (Å²) in [4.78, 5) is 24.7. The van der Waals surface area contributed by atoms with Crippen LogP contribution in [0.3, 0.4) is 0 Å². The zero-order valence-electron chi connectivity index (χ0n) is 6.65. The van der Waals surface area contributed by atoms with Crippen molar-refractivity contribution < 1.29 is 9.53 Å². The van der Waals surface area contributed by atoms with Crippen LogP contribution in [0.4, 0.5) is 5.69 Å². The maximum atomic E-state index is 10.9. The van der Waals surface area contributed by atoms with Crippen molar-refractivity contribution in [3.8, 4) is 0 Å². The molecule has 0 saturated heterocycles. The van der Waals surface area contributed by atoms with E-state index in [4.69, 9.17) is 11.6 Å². The van der Waals surface area contributed by atoms with Crippen molar-refractivity contribution in [1.82, 2.24) is 4.98 Å². The van der Waals surface area contributed by atoms with Gasteiger partial charge in [-0.1, -0.05) is 11.6 Å². The van der Waals surface area contributed by atoms with Gasteiger partial charge in [-0.25, -0.2) is 9.78 Å². The quantitative estimate of drug-likeness (QED) is 0.416. The number of methoxy groups -OCH3 is 1. The lowest BCUT2D eigenvalue weighted by molar-refractivity contribution is 0.0600. The third-order valence-corrected chi connectivity index (χ3v) is 1.63. The second kappa shape index (κ2) is 3.95. The maximum Gasteiger partial charge on any atom is 0.339 e. The number of ether oxygens (including phenoxy) is 1. The number of carbonyl (C=O) groups is 1. The Morgan fingerprint density at radius 2 is 2.38 bits per heavy atom. The van der Waals surface area contributed by atoms with E-state index in [9.17, 15) is 9.70 Å². The second-order valence-electron chi connectivity index (χ2n) is 2.12. The Kier molecular flexibility index (Phi) is 2.92. The third-order valence-electron chi connectivity index (χ3n) is 1.34. The van der Waals surface area contributed by atoms with E-state index >= 15 is 0 Å². The van der Waals surface area contributed by atoms with Crippen LogP contribution in [0.15, 0.2) is 17.4 Å². The van der Waals surface area contributed by atoms with Gasteiger partial charge in [-0.3, -0.25) is 0 Å². The SMILES string of the molecule is COC(=O)c1cnc(Cl)c(N=O)c1. The van der Waals surface area contributed by atoms with Gasteiger partial charge in [0.25, 0.3) is 0 Å². The molecule has 0 radical (unpaired) electrons. The fourth-order valence-corrected chi connectivity index (χ4v) is 0.868. The van der Waals surface area contributed by atoms with Crippen LogP contribution in [-0.2, 0) is 4.74 Å². The summed E-state index contributed by atoms with van der Waals surface area (Å²) in [5.41, 5.74) is 0.0612. The first-order valence-corrected chi connectivity index (χ1v) is 3.64. The van der Waals surface area contributed by atoms with Crippen LogP contribution in [0.1, 0.15) is 10.4 Å². The van der Waals surface area contributed by atoms with Crippen LogP contribution in [0.2, 0.25) is 5.15 Å². The predicted octanol–water partition coefficient (Wildman–Crippen LogP) is 1.92. The molecule has 6 heteroatoms. The van der Waals surface area contributed by atoms with E-state index in [2.05, 4.69) is 14.9 Å². The highest BCUT2D eigenvalue weighted by molar-refractivity contribution is 6.31. The minimum absolute atomic E-state index is 0.0392. The van der Waals surface area contributed by atoms with E-state index < -0.39 is 5.97 Å². The summed E-state index contributed by atoms with van der Waals surface area (Å²) in [7, 11) is 1.23. The molecule has 0 aliphatic heterocycles. The Bertz CT molecular complexity index is 354. The number of hydrogen-bond acceptors (Lipinski definition) is 5. The van der Waals surface area contributed by atoms with E-state index in [1.54, 1.807) is 0 Å². The number of hydrogen-bond donors (Lipinski definition) is 0. The van der Waals surface area contributed by atoms with E-state index in [0.29, 0.717) is 0 Å². The number of carbonyl (C=O) groups excluding carboxylic acids is 1. The van der Waals surface area contributed by atoms with Crippen LogP contribution in [0, 0.1) is 4.91 Å². The van der Waals surface area contributed by atoms with Gasteiger partial charge >= 0.3 is 5.97 Å². The Labute approximate surface area is 78.7 Å². The Balaban J connectivity index is 3.13. The fraction of sp³-hybridized carbons (Fsp3) is 0.143. The molecule has 0 bridgehead atoms. The molecule has 0 spiro atoms. The first kappa shape index (κ1) is 9.60. The minimum atomic E-state index is -0.589. The van der Waals surface area contributed by atoms with Gasteiger partial charge in [0.1, 0.15) is 5.69 Å². The summed E-state index contributed by atoms with van der Waals surface area (Å²) < 4.78 is 4.41. The minimum Gasteiger partial charge on any atom is -0.465 e. The summed E-state index contributed by atoms with van der Waals surface area (Å²) in [6.07, 6.45) is 1.21. The van der Waals surface area contributed by atoms with Crippen molar-refractivity contribution in [3.63, 3.8) is 0 Å². The van der Waals surface area contributed by atoms with Gasteiger partial charge < -0.3 is 4.74 Å². The molecule has 0 aromatic carbocycles. The topological polar surface area (TPSA) is 68.6 Å². The number of aromatic nitrogens is 1. The summed E-state index contributed by atoms with van der Waals surface area (Å²) in [5.74, 6) is -0.589. The van der Waals surface area contributed by atoms with Crippen molar-refractivity contribution in [2.45, 2.75) is 0 Å². The third kappa shape index (κ3) is 2.00. The highest BCUT2D eigenvalue weighted by Gasteiger charge is 2.09. The highest BCUT2D eigenvalue weighted by atomic mass is 35.5. The summed E-state index contributed by atoms with van der Waals surface area (Å²) >= 11 is 5.49. The Hall–Kier alpha value is -1.49. The molecule has 5 nitrogen and oxygen atoms in total. The Morgan fingerprint density at radius 3 is 2.92 bits per heavy atom. The summed E-state index contributed by atoms with van der Waals surface area (Å²) in [5, 5.41) is 2.56. The molecule has 0 amide bonds. The van der Waals surface area contributed by atoms with Crippen molar-refractivity contribution in [3.05, 3.63) is 27.9 Å². The van der Waals surface area contributed by atoms with Crippen molar-refractivity contribution in [1.29, 1.82) is 0 Å². The second-order valence-corrected chi connectivity index (χ2v) is 2.47. The largest absolute Gasteiger partial charge is 0.465 e. The van der Waals surface area contributed by atoms with Crippen LogP contribution in [0.5, 0.6) is 0 Å². The summed E-state index contributed by atoms with van der Waals surface area (Å²) in [6, 6.07) is 1.22. The van der Waals surface area contributed by atoms with Crippen LogP contribution in [0.25, 0.3) is 0 Å². The molecule has 1 heterocycles. The van der Waals surface area contributed by atoms with E-state index in [1.807, 2.05) is 0 Å². The average Bonchev–Trinajstić information content (AvgIpc) is 2.17. The molecule has 68 valence electrons. The van der Waals surface area contributed by atoms with Crippen LogP contribution < -0.4 is 0 Å². The molecule has 1 rings (SSSR count). The first-order chi connectivity index (χ1) is 6.19. The zero-order chi connectivity index (χ0) is 9.84. The van der Waals surface area contributed by atoms with Gasteiger partial charge in [-0.05, 0) is 11.2 Å². The molecular weight excluding hydrogens is 196 g/mol. The number of rotatable bonds is 2. The van der Waals surface area contributed by atoms with E-state index in [0.717, 1.165) is 0 Å². The molecule has 1 aromatic heterocycles. The fourth-order valence-electron chi connectivity index (χ4n) is 0.730. The highest BCUT2D eigenvalue weighted by Crippen LogP contribution is 2.22. The lowest BCUT2D eigenvalue weighted by atomic mass is 10.3. The molecule has 0 aliphatic rings. The standard InChI is InChI=1S/C7H5ClN2O3/c1-13-7(11)4-2-5(10-12)6(8)9-3-4/h2-3H,1H3. The van der Waals surface area contributed by atoms with Crippen LogP contribution >= 0.6 is 11.6 Å². The van der Waals surface area contributed by atoms with Gasteiger partial charge in [0.2, 0.25) is 0 Å². The molecule has 0 N–H and O–H groups in total. The molecule has 0 aliphatic carbocycles. The molecule has 13 heavy (non-hydrogen) atoms. The molecule has 0 atom stereocenters. The average molecular weight is 201 g/mol. The van der Waals surface area contributed by atoms with Gasteiger partial charge in [0.05, 0.1) is 12.7 Å². The van der Waals surface area contributed by atoms with E-state index in [-0.39, 0.29) is 16.4 Å².